The van der Waals surface area contributed by atoms with Crippen LogP contribution >= 0.6 is 35.1 Å². The van der Waals surface area contributed by atoms with E-state index < -0.39 is 0 Å². The lowest BCUT2D eigenvalue weighted by molar-refractivity contribution is -0.113. The second kappa shape index (κ2) is 11.7. The van der Waals surface area contributed by atoms with E-state index in [1.807, 2.05) is 25.1 Å². The summed E-state index contributed by atoms with van der Waals surface area (Å²) in [5.41, 5.74) is 1.07. The van der Waals surface area contributed by atoms with Gasteiger partial charge in [0.25, 0.3) is 5.91 Å². The van der Waals surface area contributed by atoms with Crippen molar-refractivity contribution in [2.45, 2.75) is 17.0 Å². The second-order valence-corrected chi connectivity index (χ2v) is 9.24. The summed E-state index contributed by atoms with van der Waals surface area (Å²) in [4.78, 5) is 30.0. The number of hydrogen-bond acceptors (Lipinski definition) is 9. The number of hydrogen-bond donors (Lipinski definition) is 2. The van der Waals surface area contributed by atoms with Gasteiger partial charge in [0, 0.05) is 27.7 Å². The van der Waals surface area contributed by atoms with Crippen LogP contribution in [0, 0.1) is 0 Å². The molecule has 0 aliphatic rings. The van der Waals surface area contributed by atoms with Gasteiger partial charge in [0.1, 0.15) is 0 Å². The van der Waals surface area contributed by atoms with E-state index in [1.54, 1.807) is 24.3 Å². The van der Waals surface area contributed by atoms with Gasteiger partial charge in [-0.2, -0.15) is 9.36 Å². The third-order valence-electron chi connectivity index (χ3n) is 4.03. The van der Waals surface area contributed by atoms with Crippen LogP contribution in [-0.4, -0.2) is 46.9 Å². The lowest BCUT2D eigenvalue weighted by atomic mass is 10.2. The molecule has 168 valence electrons. The fraction of sp³-hybridized carbons (Fsp3) is 0.238. The Labute approximate surface area is 198 Å². The molecule has 0 aliphatic carbocycles. The molecule has 0 saturated carbocycles. The number of methoxy groups -OCH3 is 2. The van der Waals surface area contributed by atoms with Gasteiger partial charge in [0.05, 0.1) is 20.0 Å². The van der Waals surface area contributed by atoms with E-state index in [-0.39, 0.29) is 17.6 Å². The Balaban J connectivity index is 1.56. The summed E-state index contributed by atoms with van der Waals surface area (Å²) in [5.74, 6) is 1.67. The van der Waals surface area contributed by atoms with Crippen LogP contribution in [0.25, 0.3) is 0 Å². The first-order valence-corrected chi connectivity index (χ1v) is 12.3. The van der Waals surface area contributed by atoms with Crippen molar-refractivity contribution in [2.75, 3.05) is 36.4 Å². The van der Waals surface area contributed by atoms with Gasteiger partial charge < -0.3 is 14.8 Å². The number of thioether (sulfide) groups is 2. The minimum atomic E-state index is -0.275. The quantitative estimate of drug-likeness (QED) is 0.396. The van der Waals surface area contributed by atoms with E-state index in [4.69, 9.17) is 9.47 Å². The molecule has 11 heteroatoms. The molecule has 32 heavy (non-hydrogen) atoms. The van der Waals surface area contributed by atoms with Crippen molar-refractivity contribution < 1.29 is 19.1 Å². The average molecular weight is 491 g/mol. The zero-order chi connectivity index (χ0) is 22.9. The normalized spacial score (nSPS) is 10.5. The molecule has 1 heterocycles. The number of ether oxygens (including phenoxy) is 2. The van der Waals surface area contributed by atoms with Gasteiger partial charge in [-0.1, -0.05) is 24.8 Å². The van der Waals surface area contributed by atoms with Crippen LogP contribution in [0.3, 0.4) is 0 Å². The number of nitrogens with one attached hydrogen (secondary N) is 2. The number of nitrogens with zero attached hydrogens (tertiary/aromatic N) is 2. The van der Waals surface area contributed by atoms with Crippen molar-refractivity contribution in [1.29, 1.82) is 0 Å². The van der Waals surface area contributed by atoms with Gasteiger partial charge in [0.2, 0.25) is 16.2 Å². The molecule has 0 atom stereocenters. The van der Waals surface area contributed by atoms with Crippen molar-refractivity contribution in [3.05, 3.63) is 48.0 Å². The van der Waals surface area contributed by atoms with E-state index in [9.17, 15) is 9.59 Å². The van der Waals surface area contributed by atoms with Gasteiger partial charge in [-0.25, -0.2) is 0 Å². The largest absolute Gasteiger partial charge is 0.493 e. The first-order valence-electron chi connectivity index (χ1n) is 9.55. The number of carbonyl (C=O) groups excluding carboxylic acids is 2. The Hall–Kier alpha value is -2.76. The van der Waals surface area contributed by atoms with Crippen molar-refractivity contribution in [2.24, 2.45) is 0 Å². The molecular weight excluding hydrogens is 468 g/mol. The molecule has 2 amide bonds. The molecular formula is C21H22N4O4S3. The molecule has 2 aromatic carbocycles. The highest BCUT2D eigenvalue weighted by Crippen LogP contribution is 2.28. The maximum Gasteiger partial charge on any atom is 0.255 e. The average Bonchev–Trinajstić information content (AvgIpc) is 3.24. The highest BCUT2D eigenvalue weighted by Gasteiger charge is 2.12. The number of aromatic nitrogens is 2. The van der Waals surface area contributed by atoms with Crippen LogP contribution in [0.4, 0.5) is 10.8 Å². The molecule has 0 fully saturated rings. The smallest absolute Gasteiger partial charge is 0.255 e. The maximum atomic E-state index is 12.6. The SMILES string of the molecule is CCSc1nsc(NC(=O)CSc2cccc(NC(=O)c3ccc(OC)c(OC)c3)c2)n1. The van der Waals surface area contributed by atoms with E-state index in [1.165, 1.54) is 37.7 Å². The Kier molecular flexibility index (Phi) is 8.77. The zero-order valence-electron chi connectivity index (χ0n) is 17.7. The van der Waals surface area contributed by atoms with Gasteiger partial charge >= 0.3 is 0 Å². The molecule has 3 aromatic rings. The van der Waals surface area contributed by atoms with E-state index >= 15 is 0 Å². The lowest BCUT2D eigenvalue weighted by Crippen LogP contribution is -2.14. The summed E-state index contributed by atoms with van der Waals surface area (Å²) in [6.45, 7) is 2.02. The fourth-order valence-electron chi connectivity index (χ4n) is 2.60. The first kappa shape index (κ1) is 23.9. The van der Waals surface area contributed by atoms with Crippen LogP contribution in [0.1, 0.15) is 17.3 Å². The van der Waals surface area contributed by atoms with Gasteiger partial charge in [-0.15, -0.1) is 11.8 Å². The number of carbonyl (C=O) groups is 2. The summed E-state index contributed by atoms with van der Waals surface area (Å²) in [6, 6.07) is 12.3. The van der Waals surface area contributed by atoms with Gasteiger partial charge in [-0.3, -0.25) is 14.9 Å². The third-order valence-corrected chi connectivity index (χ3v) is 6.50. The third kappa shape index (κ3) is 6.62. The van der Waals surface area contributed by atoms with Crippen LogP contribution in [-0.2, 0) is 4.79 Å². The minimum Gasteiger partial charge on any atom is -0.493 e. The van der Waals surface area contributed by atoms with E-state index in [2.05, 4.69) is 20.0 Å². The monoisotopic (exact) mass is 490 g/mol. The molecule has 8 nitrogen and oxygen atoms in total. The van der Waals surface area contributed by atoms with Gasteiger partial charge in [-0.05, 0) is 42.2 Å². The summed E-state index contributed by atoms with van der Waals surface area (Å²) in [7, 11) is 3.06. The molecule has 3 rings (SSSR count). The Morgan fingerprint density at radius 1 is 1.03 bits per heavy atom. The van der Waals surface area contributed by atoms with Crippen molar-refractivity contribution in [1.82, 2.24) is 9.36 Å². The molecule has 0 bridgehead atoms. The Morgan fingerprint density at radius 2 is 1.84 bits per heavy atom. The topological polar surface area (TPSA) is 102 Å². The predicted molar refractivity (Wildman–Crippen MR) is 130 cm³/mol. The van der Waals surface area contributed by atoms with Crippen molar-refractivity contribution in [3.8, 4) is 11.5 Å². The number of anilines is 2. The number of rotatable bonds is 10. The molecule has 1 aromatic heterocycles. The molecule has 0 saturated heterocycles. The molecule has 0 spiro atoms. The first-order chi connectivity index (χ1) is 15.5. The zero-order valence-corrected chi connectivity index (χ0v) is 20.2. The minimum absolute atomic E-state index is 0.168. The van der Waals surface area contributed by atoms with Crippen LogP contribution in [0.5, 0.6) is 11.5 Å². The van der Waals surface area contributed by atoms with Gasteiger partial charge in [0.15, 0.2) is 11.5 Å². The second-order valence-electron chi connectivity index (χ2n) is 6.20. The van der Waals surface area contributed by atoms with Crippen LogP contribution in [0.2, 0.25) is 0 Å². The van der Waals surface area contributed by atoms with E-state index in [0.717, 1.165) is 22.2 Å². The van der Waals surface area contributed by atoms with Crippen molar-refractivity contribution in [3.63, 3.8) is 0 Å². The summed E-state index contributed by atoms with van der Waals surface area (Å²) >= 11 is 4.05. The van der Waals surface area contributed by atoms with Crippen molar-refractivity contribution >= 4 is 57.7 Å². The maximum absolute atomic E-state index is 12.6. The summed E-state index contributed by atoms with van der Waals surface area (Å²) < 4.78 is 14.6. The molecule has 2 N–H and O–H groups in total. The number of benzene rings is 2. The summed E-state index contributed by atoms with van der Waals surface area (Å²) in [5, 5.41) is 6.77. The summed E-state index contributed by atoms with van der Waals surface area (Å²) in [6.07, 6.45) is 0. The molecule has 0 radical (unpaired) electrons. The lowest BCUT2D eigenvalue weighted by Gasteiger charge is -2.10. The Morgan fingerprint density at radius 3 is 2.59 bits per heavy atom. The van der Waals surface area contributed by atoms with Crippen LogP contribution in [0.15, 0.2) is 52.5 Å². The Bertz CT molecular complexity index is 1090. The predicted octanol–water partition coefficient (Wildman–Crippen LogP) is 4.65. The highest BCUT2D eigenvalue weighted by molar-refractivity contribution is 8.00. The fourth-order valence-corrected chi connectivity index (χ4v) is 4.64. The highest BCUT2D eigenvalue weighted by atomic mass is 32.2. The molecule has 0 aliphatic heterocycles. The molecule has 0 unspecified atom stereocenters. The van der Waals surface area contributed by atoms with Crippen LogP contribution < -0.4 is 20.1 Å². The standard InChI is InChI=1S/C21H22N4O4S3/c1-4-30-21-24-20(32-25-21)23-18(26)12-31-15-7-5-6-14(11-15)22-19(27)13-8-9-16(28-2)17(10-13)29-3/h5-11H,4,12H2,1-3H3,(H,22,27)(H,23,24,25,26). The number of amides is 2. The van der Waals surface area contributed by atoms with E-state index in [0.29, 0.717) is 33.0 Å².